The zero-order valence-corrected chi connectivity index (χ0v) is 15.7. The first-order valence-corrected chi connectivity index (χ1v) is 11.0. The summed E-state index contributed by atoms with van der Waals surface area (Å²) in [5.41, 5.74) is 1.23. The number of sulfonamides is 1. The molecule has 4 aliphatic rings. The van der Waals surface area contributed by atoms with E-state index < -0.39 is 10.0 Å². The Balaban J connectivity index is 1.49. The van der Waals surface area contributed by atoms with E-state index in [9.17, 15) is 13.2 Å². The van der Waals surface area contributed by atoms with Crippen molar-refractivity contribution >= 4 is 21.6 Å². The molecule has 0 spiro atoms. The number of anilines is 1. The van der Waals surface area contributed by atoms with E-state index in [0.29, 0.717) is 23.1 Å². The summed E-state index contributed by atoms with van der Waals surface area (Å²) in [7, 11) is -1.77. The minimum atomic E-state index is -3.29. The van der Waals surface area contributed by atoms with Gasteiger partial charge in [0, 0.05) is 25.7 Å². The lowest BCUT2D eigenvalue weighted by molar-refractivity contribution is 0.0577. The van der Waals surface area contributed by atoms with E-state index in [4.69, 9.17) is 0 Å². The Labute approximate surface area is 150 Å². The lowest BCUT2D eigenvalue weighted by Crippen LogP contribution is -2.38. The summed E-state index contributed by atoms with van der Waals surface area (Å²) in [5.74, 6) is 3.12. The highest BCUT2D eigenvalue weighted by atomic mass is 32.2. The van der Waals surface area contributed by atoms with Crippen LogP contribution in [0.25, 0.3) is 0 Å². The number of hydrogen-bond acceptors (Lipinski definition) is 3. The molecule has 0 radical (unpaired) electrons. The lowest BCUT2D eigenvalue weighted by Gasteiger charge is -2.44. The number of likely N-dealkylation sites (tertiary alicyclic amines) is 1. The number of carbonyl (C=O) groups is 1. The number of carbonyl (C=O) groups excluding carboxylic acids is 1. The number of amides is 1. The number of rotatable bonds is 3. The summed E-state index contributed by atoms with van der Waals surface area (Å²) in [5, 5.41) is 0. The van der Waals surface area contributed by atoms with Gasteiger partial charge in [0.1, 0.15) is 0 Å². The van der Waals surface area contributed by atoms with E-state index in [1.54, 1.807) is 24.3 Å². The van der Waals surface area contributed by atoms with E-state index in [-0.39, 0.29) is 5.91 Å². The highest BCUT2D eigenvalue weighted by Crippen LogP contribution is 2.51. The van der Waals surface area contributed by atoms with Crippen molar-refractivity contribution in [2.75, 3.05) is 30.7 Å². The van der Waals surface area contributed by atoms with E-state index in [0.717, 1.165) is 24.9 Å². The molecule has 0 unspecified atom stereocenters. The Hall–Kier alpha value is -1.56. The number of nitrogens with zero attached hydrogens (tertiary/aromatic N) is 2. The molecule has 3 saturated carbocycles. The Bertz CT molecular complexity index is 746. The zero-order chi connectivity index (χ0) is 17.8. The summed E-state index contributed by atoms with van der Waals surface area (Å²) < 4.78 is 24.5. The van der Waals surface area contributed by atoms with Gasteiger partial charge in [-0.25, -0.2) is 8.42 Å². The third kappa shape index (κ3) is 2.94. The Morgan fingerprint density at radius 1 is 1.00 bits per heavy atom. The molecule has 4 fully saturated rings. The zero-order valence-electron chi connectivity index (χ0n) is 14.9. The van der Waals surface area contributed by atoms with Gasteiger partial charge in [0.25, 0.3) is 5.91 Å². The van der Waals surface area contributed by atoms with Crippen molar-refractivity contribution in [3.63, 3.8) is 0 Å². The fourth-order valence-corrected chi connectivity index (χ4v) is 5.71. The Morgan fingerprint density at radius 2 is 1.48 bits per heavy atom. The maximum atomic E-state index is 12.9. The number of fused-ring (bicyclic) bond motifs is 2. The predicted octanol–water partition coefficient (Wildman–Crippen LogP) is 2.59. The third-order valence-corrected chi connectivity index (χ3v) is 7.91. The molecule has 5 rings (SSSR count). The average Bonchev–Trinajstić information content (AvgIpc) is 3.08. The lowest BCUT2D eigenvalue weighted by atomic mass is 9.60. The van der Waals surface area contributed by atoms with Crippen molar-refractivity contribution in [1.82, 2.24) is 4.90 Å². The van der Waals surface area contributed by atoms with Crippen LogP contribution in [0.2, 0.25) is 0 Å². The molecule has 2 atom stereocenters. The molecule has 136 valence electrons. The molecule has 1 amide bonds. The van der Waals surface area contributed by atoms with E-state index >= 15 is 0 Å². The van der Waals surface area contributed by atoms with Gasteiger partial charge in [0.05, 0.1) is 11.9 Å². The summed E-state index contributed by atoms with van der Waals surface area (Å²) in [6.45, 7) is 1.80. The first-order chi connectivity index (χ1) is 11.8. The van der Waals surface area contributed by atoms with Crippen molar-refractivity contribution in [3.05, 3.63) is 29.8 Å². The molecule has 1 aliphatic heterocycles. The molecule has 6 heteroatoms. The first-order valence-electron chi connectivity index (χ1n) is 9.18. The summed E-state index contributed by atoms with van der Waals surface area (Å²) >= 11 is 0. The van der Waals surface area contributed by atoms with Gasteiger partial charge < -0.3 is 4.90 Å². The Morgan fingerprint density at radius 3 is 1.92 bits per heavy atom. The fourth-order valence-electron chi connectivity index (χ4n) is 5.21. The maximum absolute atomic E-state index is 12.9. The molecule has 1 aromatic rings. The second-order valence-electron chi connectivity index (χ2n) is 7.99. The van der Waals surface area contributed by atoms with E-state index in [2.05, 4.69) is 0 Å². The molecule has 25 heavy (non-hydrogen) atoms. The third-order valence-electron chi connectivity index (χ3n) is 6.70. The smallest absolute Gasteiger partial charge is 0.253 e. The molecular weight excluding hydrogens is 336 g/mol. The summed E-state index contributed by atoms with van der Waals surface area (Å²) in [4.78, 5) is 14.9. The van der Waals surface area contributed by atoms with Gasteiger partial charge >= 0.3 is 0 Å². The minimum Gasteiger partial charge on any atom is -0.338 e. The van der Waals surface area contributed by atoms with Crippen molar-refractivity contribution in [3.8, 4) is 0 Å². The van der Waals surface area contributed by atoms with Gasteiger partial charge in [-0.1, -0.05) is 0 Å². The topological polar surface area (TPSA) is 57.7 Å². The van der Waals surface area contributed by atoms with Crippen LogP contribution >= 0.6 is 0 Å². The van der Waals surface area contributed by atoms with Gasteiger partial charge in [-0.3, -0.25) is 9.10 Å². The van der Waals surface area contributed by atoms with E-state index in [1.165, 1.54) is 43.3 Å². The van der Waals surface area contributed by atoms with Crippen LogP contribution in [0.4, 0.5) is 5.69 Å². The van der Waals surface area contributed by atoms with Crippen LogP contribution in [0, 0.1) is 23.7 Å². The SMILES string of the molecule is CN(c1ccc(C(=O)N2C[C@@H]3C4CCC(CC4)[C@@H]3C2)cc1)S(C)(=O)=O. The van der Waals surface area contributed by atoms with E-state index in [1.807, 2.05) is 4.90 Å². The van der Waals surface area contributed by atoms with Crippen molar-refractivity contribution in [1.29, 1.82) is 0 Å². The van der Waals surface area contributed by atoms with Crippen LogP contribution in [-0.2, 0) is 10.0 Å². The largest absolute Gasteiger partial charge is 0.338 e. The number of benzene rings is 1. The molecule has 3 aliphatic carbocycles. The fraction of sp³-hybridized carbons (Fsp3) is 0.632. The Kier molecular flexibility index (Phi) is 4.06. The van der Waals surface area contributed by atoms with Crippen LogP contribution in [0.15, 0.2) is 24.3 Å². The molecule has 1 heterocycles. The van der Waals surface area contributed by atoms with Crippen LogP contribution in [0.5, 0.6) is 0 Å². The van der Waals surface area contributed by atoms with Crippen LogP contribution in [0.3, 0.4) is 0 Å². The summed E-state index contributed by atoms with van der Waals surface area (Å²) in [6.07, 6.45) is 6.56. The van der Waals surface area contributed by atoms with Crippen LogP contribution in [-0.4, -0.2) is 45.6 Å². The van der Waals surface area contributed by atoms with Crippen molar-refractivity contribution in [2.45, 2.75) is 25.7 Å². The quantitative estimate of drug-likeness (QED) is 0.830. The highest BCUT2D eigenvalue weighted by Gasteiger charge is 2.49. The van der Waals surface area contributed by atoms with Gasteiger partial charge in [0.15, 0.2) is 0 Å². The molecule has 1 aromatic carbocycles. The van der Waals surface area contributed by atoms with Gasteiger partial charge in [0.2, 0.25) is 10.0 Å². The van der Waals surface area contributed by atoms with Crippen molar-refractivity contribution < 1.29 is 13.2 Å². The number of hydrogen-bond donors (Lipinski definition) is 0. The minimum absolute atomic E-state index is 0.0855. The molecule has 0 N–H and O–H groups in total. The molecule has 0 aromatic heterocycles. The maximum Gasteiger partial charge on any atom is 0.253 e. The predicted molar refractivity (Wildman–Crippen MR) is 98.0 cm³/mol. The van der Waals surface area contributed by atoms with Crippen LogP contribution in [0.1, 0.15) is 36.0 Å². The van der Waals surface area contributed by atoms with Crippen LogP contribution < -0.4 is 4.31 Å². The average molecular weight is 362 g/mol. The highest BCUT2D eigenvalue weighted by molar-refractivity contribution is 7.92. The second kappa shape index (κ2) is 6.01. The normalized spacial score (nSPS) is 31.0. The van der Waals surface area contributed by atoms with Crippen molar-refractivity contribution in [2.24, 2.45) is 23.7 Å². The van der Waals surface area contributed by atoms with Gasteiger partial charge in [-0.2, -0.15) is 0 Å². The van der Waals surface area contributed by atoms with Gasteiger partial charge in [-0.05, 0) is 73.6 Å². The monoisotopic (exact) mass is 362 g/mol. The molecule has 2 bridgehead atoms. The standard InChI is InChI=1S/C19H26N2O3S/c1-20(25(2,23)24)16-9-7-15(8-10-16)19(22)21-11-17-13-3-4-14(6-5-13)18(17)12-21/h7-10,13-14,17-18H,3-6,11-12H2,1-2H3/t13?,14?,17-,18+. The summed E-state index contributed by atoms with van der Waals surface area (Å²) in [6, 6.07) is 6.91. The molecular formula is C19H26N2O3S. The molecule has 1 saturated heterocycles. The van der Waals surface area contributed by atoms with Gasteiger partial charge in [-0.15, -0.1) is 0 Å². The second-order valence-corrected chi connectivity index (χ2v) is 10.0. The first kappa shape index (κ1) is 16.9. The molecule has 5 nitrogen and oxygen atoms in total.